The highest BCUT2D eigenvalue weighted by molar-refractivity contribution is 6.24. The molecule has 1 amide bonds. The number of anilines is 1. The molecule has 0 bridgehead atoms. The van der Waals surface area contributed by atoms with Gasteiger partial charge in [-0.2, -0.15) is 0 Å². The second kappa shape index (κ2) is 7.32. The zero-order chi connectivity index (χ0) is 24.6. The summed E-state index contributed by atoms with van der Waals surface area (Å²) < 4.78 is 0. The van der Waals surface area contributed by atoms with Crippen LogP contribution in [0.5, 0.6) is 5.75 Å². The molecule has 0 aliphatic heterocycles. The number of hydrogen-bond acceptors (Lipinski definition) is 9. The van der Waals surface area contributed by atoms with Gasteiger partial charge in [0.1, 0.15) is 22.8 Å². The molecule has 3 aliphatic rings. The molecule has 6 N–H and O–H groups in total. The Morgan fingerprint density at radius 1 is 1.12 bits per heavy atom. The molecule has 10 heteroatoms. The van der Waals surface area contributed by atoms with Crippen LogP contribution in [0.2, 0.25) is 0 Å². The predicted molar refractivity (Wildman–Crippen MR) is 118 cm³/mol. The van der Waals surface area contributed by atoms with Crippen molar-refractivity contribution in [3.05, 3.63) is 45.9 Å². The molecule has 176 valence electrons. The fourth-order valence-electron chi connectivity index (χ4n) is 5.65. The summed E-state index contributed by atoms with van der Waals surface area (Å²) in [6, 6.07) is 2.06. The van der Waals surface area contributed by atoms with Gasteiger partial charge in [-0.15, -0.1) is 0 Å². The molecule has 10 nitrogen and oxygen atoms in total. The van der Waals surface area contributed by atoms with Gasteiger partial charge in [-0.1, -0.05) is 0 Å². The third-order valence-electron chi connectivity index (χ3n) is 7.06. The maximum Gasteiger partial charge on any atom is 0.255 e. The molecule has 1 aromatic rings. The van der Waals surface area contributed by atoms with Crippen molar-refractivity contribution < 1.29 is 34.8 Å². The van der Waals surface area contributed by atoms with Crippen LogP contribution in [0, 0.1) is 11.8 Å². The summed E-state index contributed by atoms with van der Waals surface area (Å²) >= 11 is 0. The van der Waals surface area contributed by atoms with Crippen molar-refractivity contribution in [1.82, 2.24) is 4.90 Å². The van der Waals surface area contributed by atoms with Crippen LogP contribution in [0.3, 0.4) is 0 Å². The molecule has 3 aliphatic carbocycles. The maximum atomic E-state index is 13.5. The number of benzene rings is 1. The first kappa shape index (κ1) is 22.8. The monoisotopic (exact) mass is 457 g/mol. The van der Waals surface area contributed by atoms with Crippen LogP contribution < -0.4 is 10.6 Å². The average Bonchev–Trinajstić information content (AvgIpc) is 2.70. The number of phenolic OH excluding ortho intramolecular Hbond substituents is 1. The van der Waals surface area contributed by atoms with Gasteiger partial charge in [0.2, 0.25) is 5.78 Å². The Hall–Kier alpha value is -3.37. The normalized spacial score (nSPS) is 29.1. The van der Waals surface area contributed by atoms with E-state index in [9.17, 15) is 34.8 Å². The smallest absolute Gasteiger partial charge is 0.255 e. The molecule has 0 radical (unpaired) electrons. The molecule has 0 spiro atoms. The Labute approximate surface area is 190 Å². The van der Waals surface area contributed by atoms with Crippen molar-refractivity contribution in [2.75, 3.05) is 33.1 Å². The van der Waals surface area contributed by atoms with Gasteiger partial charge in [-0.25, -0.2) is 0 Å². The van der Waals surface area contributed by atoms with Crippen molar-refractivity contribution in [2.45, 2.75) is 24.5 Å². The molecule has 0 saturated heterocycles. The van der Waals surface area contributed by atoms with Gasteiger partial charge >= 0.3 is 0 Å². The second-order valence-electron chi connectivity index (χ2n) is 9.31. The third kappa shape index (κ3) is 2.90. The van der Waals surface area contributed by atoms with Gasteiger partial charge in [-0.05, 0) is 50.6 Å². The number of amides is 1. The fraction of sp³-hybridized carbons (Fsp3) is 0.435. The lowest BCUT2D eigenvalue weighted by Crippen LogP contribution is -2.63. The zero-order valence-corrected chi connectivity index (χ0v) is 18.8. The van der Waals surface area contributed by atoms with Crippen LogP contribution in [0.25, 0.3) is 0 Å². The van der Waals surface area contributed by atoms with E-state index in [1.807, 2.05) is 0 Å². The molecule has 4 atom stereocenters. The Morgan fingerprint density at radius 3 is 2.30 bits per heavy atom. The number of Topliss-reactive ketones (excluding diaryl/α,β-unsaturated/α-hetero) is 2. The molecule has 4 rings (SSSR count). The topological polar surface area (TPSA) is 165 Å². The summed E-state index contributed by atoms with van der Waals surface area (Å²) in [5.74, 6) is -6.53. The van der Waals surface area contributed by atoms with Crippen LogP contribution in [0.1, 0.15) is 22.3 Å². The number of carbonyl (C=O) groups excluding carboxylic acids is 3. The van der Waals surface area contributed by atoms with Crippen LogP contribution in [-0.2, 0) is 16.0 Å². The summed E-state index contributed by atoms with van der Waals surface area (Å²) in [6.45, 7) is 0. The largest absolute Gasteiger partial charge is 0.510 e. The number of aliphatic hydroxyl groups excluding tert-OH is 2. The van der Waals surface area contributed by atoms with E-state index in [2.05, 4.69) is 0 Å². The van der Waals surface area contributed by atoms with E-state index in [4.69, 9.17) is 5.73 Å². The lowest BCUT2D eigenvalue weighted by Gasteiger charge is -2.50. The summed E-state index contributed by atoms with van der Waals surface area (Å²) in [4.78, 5) is 42.0. The molecular formula is C23H27N3O7. The zero-order valence-electron chi connectivity index (χ0n) is 18.8. The minimum atomic E-state index is -2.63. The SMILES string of the molecule is CN(C)c1ccc(O)c2c1CC1C[C@H]3[C@@H](N(C)C)C(O)=C(C(N)=O)C(=O)[C@@]3(O)C(O)=C1C2=O. The van der Waals surface area contributed by atoms with Crippen molar-refractivity contribution in [3.63, 3.8) is 0 Å². The Balaban J connectivity index is 1.98. The standard InChI is InChI=1S/C23H27N3O7/c1-25(2)12-5-6-13(27)15-10(12)7-9-8-11-17(26(3)4)19(29)16(22(24)32)21(31)23(11,33)20(30)14(9)18(15)28/h5-6,9,11,17,27,29-30,33H,7-8H2,1-4H3,(H2,24,32)/t9?,11-,17+,23-/m0/s1. The Morgan fingerprint density at radius 2 is 1.76 bits per heavy atom. The van der Waals surface area contributed by atoms with Crippen LogP contribution in [0.4, 0.5) is 5.69 Å². The van der Waals surface area contributed by atoms with E-state index in [0.29, 0.717) is 5.56 Å². The first-order valence-electron chi connectivity index (χ1n) is 10.5. The van der Waals surface area contributed by atoms with E-state index < -0.39 is 58.0 Å². The molecule has 33 heavy (non-hydrogen) atoms. The van der Waals surface area contributed by atoms with E-state index in [1.54, 1.807) is 39.2 Å². The van der Waals surface area contributed by atoms with E-state index >= 15 is 0 Å². The first-order valence-corrected chi connectivity index (χ1v) is 10.5. The third-order valence-corrected chi connectivity index (χ3v) is 7.06. The highest BCUT2D eigenvalue weighted by Gasteiger charge is 2.63. The molecule has 0 saturated carbocycles. The number of allylic oxidation sites excluding steroid dienone is 1. The molecule has 0 fully saturated rings. The summed E-state index contributed by atoms with van der Waals surface area (Å²) in [5.41, 5.74) is 3.02. The number of ketones is 2. The molecule has 1 aromatic carbocycles. The number of hydrogen-bond donors (Lipinski definition) is 5. The summed E-state index contributed by atoms with van der Waals surface area (Å²) in [7, 11) is 6.79. The lowest BCUT2D eigenvalue weighted by molar-refractivity contribution is -0.148. The summed E-state index contributed by atoms with van der Waals surface area (Å²) in [6.07, 6.45) is 0.324. The maximum absolute atomic E-state index is 13.5. The summed E-state index contributed by atoms with van der Waals surface area (Å²) in [5, 5.41) is 43.9. The molecular weight excluding hydrogens is 430 g/mol. The predicted octanol–water partition coefficient (Wildman–Crippen LogP) is 0.187. The number of rotatable bonds is 3. The molecule has 0 heterocycles. The minimum Gasteiger partial charge on any atom is -0.510 e. The van der Waals surface area contributed by atoms with E-state index in [-0.39, 0.29) is 29.7 Å². The number of aromatic hydroxyl groups is 1. The van der Waals surface area contributed by atoms with Crippen LogP contribution >= 0.6 is 0 Å². The van der Waals surface area contributed by atoms with Crippen LogP contribution in [0.15, 0.2) is 34.8 Å². The number of likely N-dealkylation sites (N-methyl/N-ethyl adjacent to an activating group) is 1. The van der Waals surface area contributed by atoms with Crippen LogP contribution in [-0.4, -0.2) is 82.6 Å². The second-order valence-corrected chi connectivity index (χ2v) is 9.31. The molecule has 0 aromatic heterocycles. The number of aliphatic hydroxyl groups is 3. The van der Waals surface area contributed by atoms with Crippen molar-refractivity contribution >= 4 is 23.2 Å². The highest BCUT2D eigenvalue weighted by Crippen LogP contribution is 2.52. The number of primary amides is 1. The lowest BCUT2D eigenvalue weighted by atomic mass is 9.58. The number of carbonyl (C=O) groups is 3. The van der Waals surface area contributed by atoms with Gasteiger partial charge in [-0.3, -0.25) is 19.3 Å². The van der Waals surface area contributed by atoms with Gasteiger partial charge in [0.15, 0.2) is 11.4 Å². The fourth-order valence-corrected chi connectivity index (χ4v) is 5.65. The Bertz CT molecular complexity index is 1170. The highest BCUT2D eigenvalue weighted by atomic mass is 16.3. The van der Waals surface area contributed by atoms with Crippen molar-refractivity contribution in [1.29, 1.82) is 0 Å². The van der Waals surface area contributed by atoms with E-state index in [1.165, 1.54) is 11.0 Å². The van der Waals surface area contributed by atoms with Crippen molar-refractivity contribution in [2.24, 2.45) is 17.6 Å². The van der Waals surface area contributed by atoms with E-state index in [0.717, 1.165) is 5.69 Å². The van der Waals surface area contributed by atoms with Gasteiger partial charge in [0, 0.05) is 31.3 Å². The van der Waals surface area contributed by atoms with Gasteiger partial charge in [0.25, 0.3) is 5.91 Å². The average molecular weight is 457 g/mol. The number of nitrogens with zero attached hydrogens (tertiary/aromatic N) is 2. The van der Waals surface area contributed by atoms with Crippen molar-refractivity contribution in [3.8, 4) is 5.75 Å². The minimum absolute atomic E-state index is 0.00184. The number of fused-ring (bicyclic) bond motifs is 3. The van der Waals surface area contributed by atoms with Gasteiger partial charge in [0.05, 0.1) is 11.6 Å². The molecule has 1 unspecified atom stereocenters. The Kier molecular flexibility index (Phi) is 5.06. The van der Waals surface area contributed by atoms with Gasteiger partial charge < -0.3 is 31.1 Å². The first-order chi connectivity index (χ1) is 15.3. The quantitative estimate of drug-likeness (QED) is 0.398. The number of nitrogens with two attached hydrogens (primary N) is 1. The number of phenols is 1.